The lowest BCUT2D eigenvalue weighted by Crippen LogP contribution is -2.51. The Hall–Kier alpha value is -2.08. The number of nitrogens with one attached hydrogen (secondary N) is 1. The second-order valence-corrected chi connectivity index (χ2v) is 4.42. The Morgan fingerprint density at radius 2 is 1.84 bits per heavy atom. The van der Waals surface area contributed by atoms with Crippen molar-refractivity contribution in [2.45, 2.75) is 18.6 Å². The van der Waals surface area contributed by atoms with E-state index in [0.717, 1.165) is 5.56 Å². The summed E-state index contributed by atoms with van der Waals surface area (Å²) >= 11 is 0. The normalized spacial score (nSPS) is 13.4. The first-order chi connectivity index (χ1) is 8.91. The third-order valence-corrected chi connectivity index (χ3v) is 2.68. The molecule has 0 radical (unpaired) electrons. The first-order valence-corrected chi connectivity index (χ1v) is 5.84. The lowest BCUT2D eigenvalue weighted by Gasteiger charge is -2.24. The van der Waals surface area contributed by atoms with Crippen LogP contribution in [0.25, 0.3) is 0 Å². The van der Waals surface area contributed by atoms with Crippen LogP contribution in [-0.2, 0) is 11.2 Å². The van der Waals surface area contributed by atoms with Gasteiger partial charge in [-0.05, 0) is 12.0 Å². The minimum Gasteiger partial charge on any atom is -0.465 e. The molecule has 0 fully saturated rings. The summed E-state index contributed by atoms with van der Waals surface area (Å²) in [5.74, 6) is -0.533. The predicted molar refractivity (Wildman–Crippen MR) is 69.8 cm³/mol. The number of carbonyl (C=O) groups excluding carboxylic acids is 1. The Bertz CT molecular complexity index is 434. The molecule has 0 bridgehead atoms. The average Bonchev–Trinajstić information content (AvgIpc) is 2.36. The standard InChI is InChI=1S/C13H18N2O4/c1-15(2)12(17)11(16)10(14-13(18)19)8-9-6-4-3-5-7-9/h3-7,10-11,14,16H,8H2,1-2H3,(H,18,19). The van der Waals surface area contributed by atoms with Crippen LogP contribution in [0.3, 0.4) is 0 Å². The number of aliphatic hydroxyl groups excluding tert-OH is 1. The van der Waals surface area contributed by atoms with Crippen molar-refractivity contribution in [2.24, 2.45) is 0 Å². The maximum Gasteiger partial charge on any atom is 0.404 e. The SMILES string of the molecule is CN(C)C(=O)C(O)C(Cc1ccccc1)NC(=O)O. The number of likely N-dealkylation sites (N-methyl/N-ethyl adjacent to an activating group) is 1. The molecule has 0 aliphatic rings. The van der Waals surface area contributed by atoms with Crippen LogP contribution >= 0.6 is 0 Å². The molecule has 0 aromatic heterocycles. The number of carbonyl (C=O) groups is 2. The van der Waals surface area contributed by atoms with Gasteiger partial charge in [-0.2, -0.15) is 0 Å². The molecule has 1 aromatic carbocycles. The molecule has 2 amide bonds. The molecule has 2 unspecified atom stereocenters. The van der Waals surface area contributed by atoms with E-state index < -0.39 is 24.1 Å². The zero-order valence-corrected chi connectivity index (χ0v) is 10.9. The third kappa shape index (κ3) is 4.59. The fourth-order valence-corrected chi connectivity index (χ4v) is 1.70. The lowest BCUT2D eigenvalue weighted by molar-refractivity contribution is -0.138. The highest BCUT2D eigenvalue weighted by molar-refractivity contribution is 5.81. The van der Waals surface area contributed by atoms with E-state index in [9.17, 15) is 14.7 Å². The molecule has 104 valence electrons. The molecule has 19 heavy (non-hydrogen) atoms. The van der Waals surface area contributed by atoms with Crippen molar-refractivity contribution in [3.8, 4) is 0 Å². The number of hydrogen-bond donors (Lipinski definition) is 3. The summed E-state index contributed by atoms with van der Waals surface area (Å²) in [6.45, 7) is 0. The van der Waals surface area contributed by atoms with Crippen molar-refractivity contribution in [3.05, 3.63) is 35.9 Å². The molecule has 0 spiro atoms. The molecule has 1 rings (SSSR count). The number of hydrogen-bond acceptors (Lipinski definition) is 3. The lowest BCUT2D eigenvalue weighted by atomic mass is 10.0. The Balaban J connectivity index is 2.82. The minimum absolute atomic E-state index is 0.244. The van der Waals surface area contributed by atoms with Crippen molar-refractivity contribution in [1.82, 2.24) is 10.2 Å². The first-order valence-electron chi connectivity index (χ1n) is 5.84. The maximum absolute atomic E-state index is 11.7. The Labute approximate surface area is 111 Å². The third-order valence-electron chi connectivity index (χ3n) is 2.68. The highest BCUT2D eigenvalue weighted by Crippen LogP contribution is 2.08. The van der Waals surface area contributed by atoms with Gasteiger partial charge in [-0.25, -0.2) is 4.79 Å². The maximum atomic E-state index is 11.7. The number of carboxylic acid groups (broad SMARTS) is 1. The quantitative estimate of drug-likeness (QED) is 0.715. The summed E-state index contributed by atoms with van der Waals surface area (Å²) in [4.78, 5) is 23.7. The number of amides is 2. The fourth-order valence-electron chi connectivity index (χ4n) is 1.70. The molecule has 0 aliphatic heterocycles. The van der Waals surface area contributed by atoms with E-state index in [2.05, 4.69) is 5.32 Å². The van der Waals surface area contributed by atoms with Crippen molar-refractivity contribution in [1.29, 1.82) is 0 Å². The second-order valence-electron chi connectivity index (χ2n) is 4.42. The van der Waals surface area contributed by atoms with E-state index in [0.29, 0.717) is 0 Å². The van der Waals surface area contributed by atoms with Crippen molar-refractivity contribution in [2.75, 3.05) is 14.1 Å². The monoisotopic (exact) mass is 266 g/mol. The number of aliphatic hydroxyl groups is 1. The second kappa shape index (κ2) is 6.75. The molecule has 0 heterocycles. The van der Waals surface area contributed by atoms with Crippen LogP contribution in [0.5, 0.6) is 0 Å². The Kier molecular flexibility index (Phi) is 5.32. The molecule has 0 saturated heterocycles. The molecule has 6 heteroatoms. The van der Waals surface area contributed by atoms with E-state index >= 15 is 0 Å². The number of nitrogens with zero attached hydrogens (tertiary/aromatic N) is 1. The smallest absolute Gasteiger partial charge is 0.404 e. The van der Waals surface area contributed by atoms with Crippen LogP contribution in [0.4, 0.5) is 4.79 Å². The van der Waals surface area contributed by atoms with Gasteiger partial charge in [0, 0.05) is 14.1 Å². The van der Waals surface area contributed by atoms with Gasteiger partial charge >= 0.3 is 6.09 Å². The zero-order chi connectivity index (χ0) is 14.4. The van der Waals surface area contributed by atoms with Gasteiger partial charge in [0.25, 0.3) is 5.91 Å². The summed E-state index contributed by atoms with van der Waals surface area (Å²) in [6, 6.07) is 8.20. The van der Waals surface area contributed by atoms with Gasteiger partial charge in [-0.3, -0.25) is 4.79 Å². The van der Waals surface area contributed by atoms with Crippen LogP contribution in [0.2, 0.25) is 0 Å². The summed E-state index contributed by atoms with van der Waals surface area (Å²) in [7, 11) is 3.01. The highest BCUT2D eigenvalue weighted by atomic mass is 16.4. The molecule has 6 nitrogen and oxygen atoms in total. The summed E-state index contributed by atoms with van der Waals surface area (Å²) in [5.41, 5.74) is 0.840. The van der Waals surface area contributed by atoms with Crippen molar-refractivity contribution >= 4 is 12.0 Å². The Morgan fingerprint density at radius 3 is 2.32 bits per heavy atom. The van der Waals surface area contributed by atoms with Crippen LogP contribution in [0.1, 0.15) is 5.56 Å². The van der Waals surface area contributed by atoms with Crippen LogP contribution < -0.4 is 5.32 Å². The molecule has 1 aromatic rings. The van der Waals surface area contributed by atoms with E-state index in [4.69, 9.17) is 5.11 Å². The fraction of sp³-hybridized carbons (Fsp3) is 0.385. The molecule has 2 atom stereocenters. The molecule has 0 aliphatic carbocycles. The van der Waals surface area contributed by atoms with Gasteiger partial charge in [0.2, 0.25) is 0 Å². The van der Waals surface area contributed by atoms with Gasteiger partial charge < -0.3 is 20.4 Å². The summed E-state index contributed by atoms with van der Waals surface area (Å²) in [5, 5.41) is 20.9. The molecular formula is C13H18N2O4. The van der Waals surface area contributed by atoms with Gasteiger partial charge in [0.05, 0.1) is 6.04 Å². The zero-order valence-electron chi connectivity index (χ0n) is 10.9. The van der Waals surface area contributed by atoms with E-state index in [1.165, 1.54) is 19.0 Å². The van der Waals surface area contributed by atoms with E-state index in [-0.39, 0.29) is 6.42 Å². The van der Waals surface area contributed by atoms with E-state index in [1.807, 2.05) is 30.3 Å². The van der Waals surface area contributed by atoms with Crippen molar-refractivity contribution < 1.29 is 19.8 Å². The number of rotatable bonds is 5. The van der Waals surface area contributed by atoms with Crippen LogP contribution in [-0.4, -0.2) is 53.4 Å². The molecular weight excluding hydrogens is 248 g/mol. The summed E-state index contributed by atoms with van der Waals surface area (Å²) < 4.78 is 0. The van der Waals surface area contributed by atoms with Gasteiger partial charge in [-0.1, -0.05) is 30.3 Å². The van der Waals surface area contributed by atoms with Gasteiger partial charge in [-0.15, -0.1) is 0 Å². The van der Waals surface area contributed by atoms with Crippen molar-refractivity contribution in [3.63, 3.8) is 0 Å². The minimum atomic E-state index is -1.41. The van der Waals surface area contributed by atoms with Gasteiger partial charge in [0.1, 0.15) is 0 Å². The van der Waals surface area contributed by atoms with E-state index in [1.54, 1.807) is 0 Å². The van der Waals surface area contributed by atoms with Crippen LogP contribution in [0, 0.1) is 0 Å². The molecule has 3 N–H and O–H groups in total. The topological polar surface area (TPSA) is 89.9 Å². The molecule has 0 saturated carbocycles. The average molecular weight is 266 g/mol. The summed E-state index contributed by atoms with van der Waals surface area (Å²) in [6.07, 6.45) is -2.44. The highest BCUT2D eigenvalue weighted by Gasteiger charge is 2.28. The largest absolute Gasteiger partial charge is 0.465 e. The Morgan fingerprint density at radius 1 is 1.26 bits per heavy atom. The van der Waals surface area contributed by atoms with Crippen LogP contribution in [0.15, 0.2) is 30.3 Å². The first kappa shape index (κ1) is 15.0. The van der Waals surface area contributed by atoms with Gasteiger partial charge in [0.15, 0.2) is 6.10 Å². The number of benzene rings is 1. The predicted octanol–water partition coefficient (Wildman–Crippen LogP) is 0.314.